The van der Waals surface area contributed by atoms with Crippen LogP contribution in [-0.4, -0.2) is 45.6 Å². The van der Waals surface area contributed by atoms with Crippen LogP contribution in [0.5, 0.6) is 5.88 Å². The van der Waals surface area contributed by atoms with Gasteiger partial charge in [-0.25, -0.2) is 4.98 Å². The molecule has 1 N–H and O–H groups in total. The highest BCUT2D eigenvalue weighted by Crippen LogP contribution is 2.23. The standard InChI is InChI=1S/C17H24N2O4/c1-12(2)19(11-16(20)21)17(22)13-8-9-18-15(10-13)23-14-6-4-3-5-7-14/h8-10,12,14H,3-7,11H2,1-2H3,(H,20,21). The number of carboxylic acid groups (broad SMARTS) is 1. The maximum Gasteiger partial charge on any atom is 0.323 e. The second kappa shape index (κ2) is 7.94. The molecule has 1 saturated carbocycles. The lowest BCUT2D eigenvalue weighted by atomic mass is 9.98. The van der Waals surface area contributed by atoms with Gasteiger partial charge in [0.15, 0.2) is 0 Å². The first-order chi connectivity index (χ1) is 11.0. The van der Waals surface area contributed by atoms with Gasteiger partial charge >= 0.3 is 5.97 Å². The summed E-state index contributed by atoms with van der Waals surface area (Å²) in [5.74, 6) is -0.917. The highest BCUT2D eigenvalue weighted by Gasteiger charge is 2.22. The van der Waals surface area contributed by atoms with Crippen LogP contribution in [0.4, 0.5) is 0 Å². The van der Waals surface area contributed by atoms with Crippen LogP contribution in [0.1, 0.15) is 56.3 Å². The number of hydrogen-bond acceptors (Lipinski definition) is 4. The molecule has 0 atom stereocenters. The fourth-order valence-electron chi connectivity index (χ4n) is 2.76. The Morgan fingerprint density at radius 3 is 2.65 bits per heavy atom. The van der Waals surface area contributed by atoms with Gasteiger partial charge in [-0.1, -0.05) is 6.42 Å². The van der Waals surface area contributed by atoms with Crippen molar-refractivity contribution in [2.24, 2.45) is 0 Å². The summed E-state index contributed by atoms with van der Waals surface area (Å²) in [6, 6.07) is 3.00. The SMILES string of the molecule is CC(C)N(CC(=O)O)C(=O)c1ccnc(OC2CCCCC2)c1. The van der Waals surface area contributed by atoms with Gasteiger partial charge in [0.2, 0.25) is 5.88 Å². The first kappa shape index (κ1) is 17.2. The molecular weight excluding hydrogens is 296 g/mol. The molecule has 0 aromatic carbocycles. The smallest absolute Gasteiger partial charge is 0.323 e. The van der Waals surface area contributed by atoms with Crippen molar-refractivity contribution in [2.75, 3.05) is 6.54 Å². The van der Waals surface area contributed by atoms with Crippen LogP contribution >= 0.6 is 0 Å². The number of aliphatic carboxylic acids is 1. The van der Waals surface area contributed by atoms with Crippen LogP contribution in [0.25, 0.3) is 0 Å². The van der Waals surface area contributed by atoms with E-state index in [2.05, 4.69) is 4.98 Å². The molecule has 126 valence electrons. The molecule has 1 aliphatic rings. The van der Waals surface area contributed by atoms with E-state index in [1.807, 2.05) is 0 Å². The van der Waals surface area contributed by atoms with Crippen molar-refractivity contribution >= 4 is 11.9 Å². The Morgan fingerprint density at radius 1 is 1.35 bits per heavy atom. The van der Waals surface area contributed by atoms with E-state index < -0.39 is 5.97 Å². The Bertz CT molecular complexity index is 553. The Balaban J connectivity index is 2.10. The number of carbonyl (C=O) groups is 2. The first-order valence-electron chi connectivity index (χ1n) is 8.13. The lowest BCUT2D eigenvalue weighted by Gasteiger charge is -2.25. The van der Waals surface area contributed by atoms with Gasteiger partial charge in [-0.05, 0) is 45.6 Å². The third-order valence-electron chi connectivity index (χ3n) is 4.01. The van der Waals surface area contributed by atoms with Gasteiger partial charge in [0.25, 0.3) is 5.91 Å². The quantitative estimate of drug-likeness (QED) is 0.872. The fourth-order valence-corrected chi connectivity index (χ4v) is 2.76. The van der Waals surface area contributed by atoms with Gasteiger partial charge in [-0.15, -0.1) is 0 Å². The summed E-state index contributed by atoms with van der Waals surface area (Å²) in [7, 11) is 0. The van der Waals surface area contributed by atoms with Crippen LogP contribution in [0, 0.1) is 0 Å². The van der Waals surface area contributed by atoms with Crippen LogP contribution in [0.15, 0.2) is 18.3 Å². The van der Waals surface area contributed by atoms with E-state index in [0.717, 1.165) is 25.7 Å². The predicted octanol–water partition coefficient (Wildman–Crippen LogP) is 2.73. The zero-order chi connectivity index (χ0) is 16.8. The molecule has 1 aliphatic carbocycles. The molecular formula is C17H24N2O4. The summed E-state index contributed by atoms with van der Waals surface area (Å²) in [5.41, 5.74) is 0.403. The molecule has 0 spiro atoms. The number of nitrogens with zero attached hydrogens (tertiary/aromatic N) is 2. The average Bonchev–Trinajstić information content (AvgIpc) is 2.53. The van der Waals surface area contributed by atoms with Crippen molar-refractivity contribution in [3.05, 3.63) is 23.9 Å². The van der Waals surface area contributed by atoms with Gasteiger partial charge in [-0.2, -0.15) is 0 Å². The number of amides is 1. The second-order valence-corrected chi connectivity index (χ2v) is 6.18. The van der Waals surface area contributed by atoms with E-state index in [9.17, 15) is 9.59 Å². The van der Waals surface area contributed by atoms with Crippen molar-refractivity contribution in [1.29, 1.82) is 0 Å². The summed E-state index contributed by atoms with van der Waals surface area (Å²) in [6.45, 7) is 3.26. The van der Waals surface area contributed by atoms with E-state index in [-0.39, 0.29) is 24.6 Å². The normalized spacial score (nSPS) is 15.4. The number of carbonyl (C=O) groups excluding carboxylic acids is 1. The number of aromatic nitrogens is 1. The molecule has 1 aromatic heterocycles. The van der Waals surface area contributed by atoms with Crippen molar-refractivity contribution in [1.82, 2.24) is 9.88 Å². The first-order valence-corrected chi connectivity index (χ1v) is 8.13. The van der Waals surface area contributed by atoms with Gasteiger partial charge in [0.1, 0.15) is 12.6 Å². The minimum absolute atomic E-state index is 0.154. The number of carboxylic acids is 1. The van der Waals surface area contributed by atoms with Crippen molar-refractivity contribution in [3.63, 3.8) is 0 Å². The van der Waals surface area contributed by atoms with Crippen molar-refractivity contribution in [3.8, 4) is 5.88 Å². The van der Waals surface area contributed by atoms with Gasteiger partial charge in [-0.3, -0.25) is 9.59 Å². The highest BCUT2D eigenvalue weighted by atomic mass is 16.5. The summed E-state index contributed by atoms with van der Waals surface area (Å²) >= 11 is 0. The number of rotatable bonds is 6. The average molecular weight is 320 g/mol. The summed E-state index contributed by atoms with van der Waals surface area (Å²) in [4.78, 5) is 29.0. The van der Waals surface area contributed by atoms with Crippen LogP contribution in [0.3, 0.4) is 0 Å². The molecule has 1 aromatic rings. The highest BCUT2D eigenvalue weighted by molar-refractivity contribution is 5.96. The third-order valence-corrected chi connectivity index (χ3v) is 4.01. The number of ether oxygens (including phenoxy) is 1. The Kier molecular flexibility index (Phi) is 5.96. The number of pyridine rings is 1. The van der Waals surface area contributed by atoms with Crippen molar-refractivity contribution in [2.45, 2.75) is 58.1 Å². The maximum atomic E-state index is 12.5. The Hall–Kier alpha value is -2.11. The predicted molar refractivity (Wildman–Crippen MR) is 85.5 cm³/mol. The molecule has 0 unspecified atom stereocenters. The minimum atomic E-state index is -1.03. The van der Waals surface area contributed by atoms with E-state index in [1.165, 1.54) is 17.5 Å². The van der Waals surface area contributed by atoms with Crippen LogP contribution < -0.4 is 4.74 Å². The lowest BCUT2D eigenvalue weighted by Crippen LogP contribution is -2.40. The van der Waals surface area contributed by atoms with Gasteiger partial charge in [0.05, 0.1) is 0 Å². The van der Waals surface area contributed by atoms with E-state index in [4.69, 9.17) is 9.84 Å². The third kappa shape index (κ3) is 4.94. The zero-order valence-corrected chi connectivity index (χ0v) is 13.7. The van der Waals surface area contributed by atoms with Gasteiger partial charge in [0, 0.05) is 23.9 Å². The molecule has 1 heterocycles. The Labute approximate surface area is 136 Å². The molecule has 2 rings (SSSR count). The van der Waals surface area contributed by atoms with Gasteiger partial charge < -0.3 is 14.7 Å². The van der Waals surface area contributed by atoms with Crippen LogP contribution in [-0.2, 0) is 4.79 Å². The van der Waals surface area contributed by atoms with E-state index in [0.29, 0.717) is 11.4 Å². The zero-order valence-electron chi connectivity index (χ0n) is 13.7. The fraction of sp³-hybridized carbons (Fsp3) is 0.588. The number of hydrogen-bond donors (Lipinski definition) is 1. The molecule has 23 heavy (non-hydrogen) atoms. The molecule has 1 fully saturated rings. The molecule has 0 saturated heterocycles. The maximum absolute atomic E-state index is 12.5. The largest absolute Gasteiger partial charge is 0.480 e. The second-order valence-electron chi connectivity index (χ2n) is 6.18. The molecule has 0 bridgehead atoms. The summed E-state index contributed by atoms with van der Waals surface area (Å²) < 4.78 is 5.87. The van der Waals surface area contributed by atoms with E-state index in [1.54, 1.807) is 26.0 Å². The topological polar surface area (TPSA) is 79.7 Å². The summed E-state index contributed by atoms with van der Waals surface area (Å²) in [6.07, 6.45) is 7.26. The molecule has 0 radical (unpaired) electrons. The van der Waals surface area contributed by atoms with Crippen LogP contribution in [0.2, 0.25) is 0 Å². The molecule has 6 heteroatoms. The van der Waals surface area contributed by atoms with Crippen molar-refractivity contribution < 1.29 is 19.4 Å². The monoisotopic (exact) mass is 320 g/mol. The van der Waals surface area contributed by atoms with E-state index >= 15 is 0 Å². The minimum Gasteiger partial charge on any atom is -0.480 e. The molecule has 1 amide bonds. The summed E-state index contributed by atoms with van der Waals surface area (Å²) in [5, 5.41) is 8.97. The lowest BCUT2D eigenvalue weighted by molar-refractivity contribution is -0.138. The molecule has 0 aliphatic heterocycles. The molecule has 6 nitrogen and oxygen atoms in total. The Morgan fingerprint density at radius 2 is 2.04 bits per heavy atom.